The lowest BCUT2D eigenvalue weighted by Crippen LogP contribution is -2.66. The molecule has 17 unspecified atom stereocenters. The third kappa shape index (κ3) is 35.5. The van der Waals surface area contributed by atoms with Crippen molar-refractivity contribution in [1.82, 2.24) is 5.32 Å². The fourth-order valence-electron chi connectivity index (χ4n) is 10.6. The number of rotatable bonds is 50. The van der Waals surface area contributed by atoms with Gasteiger partial charge in [-0.15, -0.1) is 0 Å². The molecule has 0 spiro atoms. The zero-order chi connectivity index (χ0) is 67.5. The minimum Gasteiger partial charge on any atom is -0.394 e. The molecule has 19 heteroatoms. The van der Waals surface area contributed by atoms with E-state index >= 15 is 0 Å². The first-order valence-corrected chi connectivity index (χ1v) is 34.6. The predicted molar refractivity (Wildman–Crippen MR) is 364 cm³/mol. The summed E-state index contributed by atoms with van der Waals surface area (Å²) in [7, 11) is 0. The number of ether oxygens (including phenoxy) is 6. The Labute approximate surface area is 555 Å². The van der Waals surface area contributed by atoms with Gasteiger partial charge in [-0.1, -0.05) is 217 Å². The molecule has 528 valence electrons. The minimum atomic E-state index is -1.98. The first-order valence-electron chi connectivity index (χ1n) is 34.6. The van der Waals surface area contributed by atoms with E-state index in [-0.39, 0.29) is 18.9 Å². The number of nitrogens with one attached hydrogen (secondary N) is 1. The second-order valence-corrected chi connectivity index (χ2v) is 23.9. The topological polar surface area (TPSA) is 307 Å². The number of aliphatic hydroxyl groups is 11. The van der Waals surface area contributed by atoms with Crippen LogP contribution in [-0.4, -0.2) is 193 Å². The Kier molecular flexibility index (Phi) is 47.9. The molecule has 0 aliphatic carbocycles. The smallest absolute Gasteiger partial charge is 0.220 e. The Morgan fingerprint density at radius 1 is 0.398 bits per heavy atom. The van der Waals surface area contributed by atoms with Gasteiger partial charge in [0.2, 0.25) is 5.91 Å². The van der Waals surface area contributed by atoms with E-state index in [4.69, 9.17) is 28.4 Å². The molecule has 0 saturated carbocycles. The summed E-state index contributed by atoms with van der Waals surface area (Å²) in [6.45, 7) is 1.56. The minimum absolute atomic E-state index is 0.226. The highest BCUT2D eigenvalue weighted by atomic mass is 16.8. The molecule has 3 aliphatic rings. The first-order chi connectivity index (χ1) is 45.3. The lowest BCUT2D eigenvalue weighted by atomic mass is 9.96. The average Bonchev–Trinajstić information content (AvgIpc) is 0.798. The van der Waals surface area contributed by atoms with E-state index in [1.807, 2.05) is 0 Å². The zero-order valence-electron chi connectivity index (χ0n) is 55.7. The van der Waals surface area contributed by atoms with Gasteiger partial charge in [0.05, 0.1) is 38.6 Å². The van der Waals surface area contributed by atoms with Crippen LogP contribution in [0, 0.1) is 0 Å². The maximum atomic E-state index is 13.3. The Bertz CT molecular complexity index is 2250. The van der Waals surface area contributed by atoms with Crippen LogP contribution in [0.5, 0.6) is 0 Å². The van der Waals surface area contributed by atoms with Crippen molar-refractivity contribution in [2.75, 3.05) is 26.4 Å². The van der Waals surface area contributed by atoms with Crippen LogP contribution in [-0.2, 0) is 33.2 Å². The summed E-state index contributed by atoms with van der Waals surface area (Å²) in [5.41, 5.74) is 0. The molecular formula is C74H119NO18. The van der Waals surface area contributed by atoms with E-state index in [1.54, 1.807) is 0 Å². The summed E-state index contributed by atoms with van der Waals surface area (Å²) in [5, 5.41) is 120. The van der Waals surface area contributed by atoms with Gasteiger partial charge in [-0.3, -0.25) is 4.79 Å². The maximum absolute atomic E-state index is 13.3. The van der Waals surface area contributed by atoms with Crippen LogP contribution in [0.3, 0.4) is 0 Å². The number of allylic oxidation sites excluding steroid dienone is 24. The Morgan fingerprint density at radius 2 is 0.742 bits per heavy atom. The van der Waals surface area contributed by atoms with Gasteiger partial charge in [0.25, 0.3) is 0 Å². The number of unbranched alkanes of at least 4 members (excludes halogenated alkanes) is 10. The molecule has 0 bridgehead atoms. The van der Waals surface area contributed by atoms with Crippen LogP contribution in [0.4, 0.5) is 0 Å². The Balaban J connectivity index is 1.30. The summed E-state index contributed by atoms with van der Waals surface area (Å²) >= 11 is 0. The highest BCUT2D eigenvalue weighted by Crippen LogP contribution is 2.33. The normalized spacial score (nSPS) is 28.5. The van der Waals surface area contributed by atoms with Gasteiger partial charge in [-0.05, 0) is 103 Å². The SMILES string of the molecule is CC/C=C\C/C=C\C/C=C\C/C=C\C/C=C\C/C=C\C/C=C\C/C=C\C/C=C\C/C=C\C/C=C\C/C=C\CCCCCCC(=O)NC(COC1OC(CO)C(OC2OC(CO)C(OC3OC(CO)C(O)C(O)C3O)C(O)C2O)C(O)C1O)C(O)CCCCCCCCC. The monoisotopic (exact) mass is 1310 g/mol. The highest BCUT2D eigenvalue weighted by Gasteiger charge is 2.53. The molecule has 3 aliphatic heterocycles. The number of amides is 1. The second-order valence-electron chi connectivity index (χ2n) is 23.9. The summed E-state index contributed by atoms with van der Waals surface area (Å²) in [6, 6.07) is -0.909. The van der Waals surface area contributed by atoms with E-state index in [2.05, 4.69) is 165 Å². The van der Waals surface area contributed by atoms with Crippen molar-refractivity contribution in [3.05, 3.63) is 146 Å². The fraction of sp³-hybridized carbons (Fsp3) is 0.662. The predicted octanol–water partition coefficient (Wildman–Crippen LogP) is 9.15. The molecule has 19 nitrogen and oxygen atoms in total. The average molecular weight is 1310 g/mol. The van der Waals surface area contributed by atoms with Crippen LogP contribution in [0.25, 0.3) is 0 Å². The summed E-state index contributed by atoms with van der Waals surface area (Å²) in [5.74, 6) is -0.279. The molecule has 3 fully saturated rings. The Morgan fingerprint density at radius 3 is 1.16 bits per heavy atom. The molecule has 93 heavy (non-hydrogen) atoms. The van der Waals surface area contributed by atoms with Crippen molar-refractivity contribution in [3.63, 3.8) is 0 Å². The van der Waals surface area contributed by atoms with Crippen LogP contribution in [0.15, 0.2) is 146 Å². The second kappa shape index (κ2) is 53.8. The molecule has 3 heterocycles. The van der Waals surface area contributed by atoms with Gasteiger partial charge in [0.1, 0.15) is 73.2 Å². The molecule has 0 aromatic rings. The van der Waals surface area contributed by atoms with E-state index in [0.717, 1.165) is 135 Å². The number of hydrogen-bond acceptors (Lipinski definition) is 18. The van der Waals surface area contributed by atoms with Gasteiger partial charge >= 0.3 is 0 Å². The van der Waals surface area contributed by atoms with Crippen LogP contribution < -0.4 is 5.32 Å². The van der Waals surface area contributed by atoms with Crippen LogP contribution in [0.2, 0.25) is 0 Å². The maximum Gasteiger partial charge on any atom is 0.220 e. The summed E-state index contributed by atoms with van der Waals surface area (Å²) in [4.78, 5) is 13.3. The summed E-state index contributed by atoms with van der Waals surface area (Å²) < 4.78 is 34.2. The van der Waals surface area contributed by atoms with Crippen molar-refractivity contribution in [1.29, 1.82) is 0 Å². The van der Waals surface area contributed by atoms with Gasteiger partial charge in [0.15, 0.2) is 18.9 Å². The quantitative estimate of drug-likeness (QED) is 0.0199. The lowest BCUT2D eigenvalue weighted by Gasteiger charge is -2.48. The standard InChI is InChI=1S/C74H119NO18/c1-3-5-7-9-11-12-13-14-15-16-17-18-19-20-21-22-23-24-25-26-27-28-29-30-31-32-33-34-35-36-37-38-39-40-41-42-43-44-46-48-50-52-62(80)75-57(58(79)51-49-47-45-10-8-6-4-2)56-88-72-68(86)65(83)70(60(54-77)90-72)93-74-69(87)66(84)71(61(55-78)91-74)92-73-67(85)64(82)63(81)59(53-76)89-73/h5,7,11-12,14-15,17-18,20-21,23-24,26-27,29-30,32-33,35-36,38-39,41-42,57-61,63-74,76-79,81-87H,3-4,6,8-10,13,16,19,22,25,28,31,34,37,40,43-56H2,1-2H3,(H,75,80)/b7-5-,12-11-,15-14-,18-17-,21-20-,24-23-,27-26-,30-29-,33-32-,36-35-,39-38-,42-41-. The molecule has 3 rings (SSSR count). The van der Waals surface area contributed by atoms with Crippen LogP contribution >= 0.6 is 0 Å². The third-order valence-electron chi connectivity index (χ3n) is 16.2. The molecule has 0 aromatic carbocycles. The number of aliphatic hydroxyl groups excluding tert-OH is 11. The summed E-state index contributed by atoms with van der Waals surface area (Å²) in [6.07, 6.45) is 49.9. The van der Waals surface area contributed by atoms with Gasteiger partial charge in [-0.25, -0.2) is 0 Å². The molecule has 17 atom stereocenters. The molecule has 1 amide bonds. The van der Waals surface area contributed by atoms with Crippen molar-refractivity contribution in [3.8, 4) is 0 Å². The molecule has 12 N–H and O–H groups in total. The van der Waals surface area contributed by atoms with Crippen LogP contribution in [0.1, 0.15) is 181 Å². The third-order valence-corrected chi connectivity index (χ3v) is 16.2. The molecule has 3 saturated heterocycles. The Hall–Kier alpha value is -4.33. The number of hydrogen-bond donors (Lipinski definition) is 12. The lowest BCUT2D eigenvalue weighted by molar-refractivity contribution is -0.379. The van der Waals surface area contributed by atoms with E-state index < -0.39 is 124 Å². The fourth-order valence-corrected chi connectivity index (χ4v) is 10.6. The number of carbonyl (C=O) groups excluding carboxylic acids is 1. The van der Waals surface area contributed by atoms with E-state index in [0.29, 0.717) is 19.3 Å². The van der Waals surface area contributed by atoms with Gasteiger partial charge in [0, 0.05) is 6.42 Å². The van der Waals surface area contributed by atoms with E-state index in [9.17, 15) is 61.0 Å². The van der Waals surface area contributed by atoms with Gasteiger partial charge < -0.3 is 89.9 Å². The van der Waals surface area contributed by atoms with Gasteiger partial charge in [-0.2, -0.15) is 0 Å². The highest BCUT2D eigenvalue weighted by molar-refractivity contribution is 5.76. The van der Waals surface area contributed by atoms with Crippen molar-refractivity contribution < 1.29 is 89.4 Å². The van der Waals surface area contributed by atoms with Crippen molar-refractivity contribution in [2.45, 2.75) is 285 Å². The molecule has 0 radical (unpaired) electrons. The first kappa shape index (κ1) is 82.9. The molecule has 0 aromatic heterocycles. The van der Waals surface area contributed by atoms with Crippen molar-refractivity contribution in [2.24, 2.45) is 0 Å². The molecular weight excluding hydrogens is 1190 g/mol. The van der Waals surface area contributed by atoms with E-state index in [1.165, 1.54) is 6.42 Å². The zero-order valence-corrected chi connectivity index (χ0v) is 55.7. The number of carbonyl (C=O) groups is 1. The van der Waals surface area contributed by atoms with Crippen molar-refractivity contribution >= 4 is 5.91 Å². The largest absolute Gasteiger partial charge is 0.394 e.